The number of benzene rings is 2. The highest BCUT2D eigenvalue weighted by Crippen LogP contribution is 2.28. The molecule has 3 aromatic rings. The summed E-state index contributed by atoms with van der Waals surface area (Å²) in [4.78, 5) is 11.7. The first-order valence-corrected chi connectivity index (χ1v) is 9.21. The van der Waals surface area contributed by atoms with Gasteiger partial charge in [0, 0.05) is 12.5 Å². The van der Waals surface area contributed by atoms with Crippen LogP contribution in [0.5, 0.6) is 0 Å². The number of rotatable bonds is 6. The predicted octanol–water partition coefficient (Wildman–Crippen LogP) is 4.19. The molecular weight excluding hydrogens is 330 g/mol. The molecule has 3 rings (SSSR count). The second-order valence-corrected chi connectivity index (χ2v) is 6.95. The van der Waals surface area contributed by atoms with E-state index in [2.05, 4.69) is 46.7 Å². The van der Waals surface area contributed by atoms with E-state index in [9.17, 15) is 4.79 Å². The molecule has 0 spiro atoms. The Labute approximate surface area is 151 Å². The fourth-order valence-corrected chi connectivity index (χ4v) is 3.63. The second kappa shape index (κ2) is 8.03. The average Bonchev–Trinajstić information content (AvgIpc) is 3.12. The number of carbonyl (C=O) groups is 1. The van der Waals surface area contributed by atoms with E-state index in [1.54, 1.807) is 0 Å². The van der Waals surface area contributed by atoms with E-state index in [4.69, 9.17) is 0 Å². The van der Waals surface area contributed by atoms with Crippen LogP contribution in [0.4, 0.5) is 0 Å². The molecule has 0 aliphatic heterocycles. The summed E-state index contributed by atoms with van der Waals surface area (Å²) in [5.74, 6) is -0.0619. The third kappa shape index (κ3) is 4.51. The number of aryl methyl sites for hydroxylation is 1. The van der Waals surface area contributed by atoms with Crippen molar-refractivity contribution in [2.24, 2.45) is 0 Å². The Morgan fingerprint density at radius 1 is 1.08 bits per heavy atom. The molecule has 1 aromatic heterocycles. The summed E-state index contributed by atoms with van der Waals surface area (Å²) < 4.78 is 0. The predicted molar refractivity (Wildman–Crippen MR) is 101 cm³/mol. The van der Waals surface area contributed by atoms with E-state index in [0.717, 1.165) is 22.0 Å². The van der Waals surface area contributed by atoms with Crippen molar-refractivity contribution in [1.29, 1.82) is 0 Å². The van der Waals surface area contributed by atoms with Crippen molar-refractivity contribution in [2.45, 2.75) is 32.7 Å². The standard InChI is InChI=1S/C20H21N3OS/c1-3-15-8-7-9-16(12-15)13-18(21-14(2)24)20-23-22-19(25-20)17-10-5-4-6-11-17/h4-12,18H,3,13H2,1-2H3,(H,21,24). The van der Waals surface area contributed by atoms with Gasteiger partial charge in [-0.2, -0.15) is 0 Å². The fraction of sp³-hybridized carbons (Fsp3) is 0.250. The summed E-state index contributed by atoms with van der Waals surface area (Å²) in [5, 5.41) is 13.4. The molecule has 5 heteroatoms. The van der Waals surface area contributed by atoms with Crippen LogP contribution in [0.2, 0.25) is 0 Å². The largest absolute Gasteiger partial charge is 0.347 e. The van der Waals surface area contributed by atoms with Crippen LogP contribution in [0.3, 0.4) is 0 Å². The minimum atomic E-state index is -0.167. The number of aromatic nitrogens is 2. The summed E-state index contributed by atoms with van der Waals surface area (Å²) in [6, 6.07) is 18.3. The molecule has 1 heterocycles. The van der Waals surface area contributed by atoms with Gasteiger partial charge in [0.05, 0.1) is 6.04 Å². The number of hydrogen-bond donors (Lipinski definition) is 1. The number of carbonyl (C=O) groups excluding carboxylic acids is 1. The van der Waals surface area contributed by atoms with Gasteiger partial charge in [0.15, 0.2) is 0 Å². The quantitative estimate of drug-likeness (QED) is 0.724. The van der Waals surface area contributed by atoms with E-state index in [1.165, 1.54) is 29.4 Å². The van der Waals surface area contributed by atoms with Crippen molar-refractivity contribution in [2.75, 3.05) is 0 Å². The summed E-state index contributed by atoms with van der Waals surface area (Å²) in [5.41, 5.74) is 3.52. The molecule has 128 valence electrons. The van der Waals surface area contributed by atoms with Crippen LogP contribution in [-0.4, -0.2) is 16.1 Å². The van der Waals surface area contributed by atoms with Crippen molar-refractivity contribution in [3.8, 4) is 10.6 Å². The Bertz CT molecular complexity index is 845. The lowest BCUT2D eigenvalue weighted by Gasteiger charge is -2.15. The molecule has 0 saturated carbocycles. The number of hydrogen-bond acceptors (Lipinski definition) is 4. The van der Waals surface area contributed by atoms with Gasteiger partial charge in [-0.1, -0.05) is 72.9 Å². The molecular formula is C20H21N3OS. The van der Waals surface area contributed by atoms with Crippen LogP contribution in [0.25, 0.3) is 10.6 Å². The van der Waals surface area contributed by atoms with Gasteiger partial charge < -0.3 is 5.32 Å². The fourth-order valence-electron chi connectivity index (χ4n) is 2.73. The molecule has 4 nitrogen and oxygen atoms in total. The zero-order chi connectivity index (χ0) is 17.6. The van der Waals surface area contributed by atoms with E-state index < -0.39 is 0 Å². The third-order valence-electron chi connectivity index (χ3n) is 3.98. The van der Waals surface area contributed by atoms with Gasteiger partial charge in [-0.3, -0.25) is 4.79 Å². The maximum atomic E-state index is 11.7. The Balaban J connectivity index is 1.85. The van der Waals surface area contributed by atoms with Gasteiger partial charge in [-0.05, 0) is 24.0 Å². The summed E-state index contributed by atoms with van der Waals surface area (Å²) in [6.07, 6.45) is 1.70. The van der Waals surface area contributed by atoms with Gasteiger partial charge in [-0.15, -0.1) is 10.2 Å². The Morgan fingerprint density at radius 2 is 1.84 bits per heavy atom. The Morgan fingerprint density at radius 3 is 2.56 bits per heavy atom. The topological polar surface area (TPSA) is 54.9 Å². The molecule has 0 aliphatic carbocycles. The van der Waals surface area contributed by atoms with Crippen LogP contribution in [0.1, 0.15) is 36.0 Å². The molecule has 1 amide bonds. The van der Waals surface area contributed by atoms with Crippen LogP contribution in [-0.2, 0) is 17.6 Å². The molecule has 1 atom stereocenters. The van der Waals surface area contributed by atoms with E-state index in [-0.39, 0.29) is 11.9 Å². The minimum Gasteiger partial charge on any atom is -0.347 e. The lowest BCUT2D eigenvalue weighted by molar-refractivity contribution is -0.119. The van der Waals surface area contributed by atoms with E-state index >= 15 is 0 Å². The van der Waals surface area contributed by atoms with Gasteiger partial charge in [0.2, 0.25) is 5.91 Å². The number of nitrogens with one attached hydrogen (secondary N) is 1. The lowest BCUT2D eigenvalue weighted by Crippen LogP contribution is -2.27. The molecule has 1 unspecified atom stereocenters. The zero-order valence-corrected chi connectivity index (χ0v) is 15.2. The first kappa shape index (κ1) is 17.3. The van der Waals surface area contributed by atoms with E-state index in [0.29, 0.717) is 6.42 Å². The number of nitrogens with zero attached hydrogens (tertiary/aromatic N) is 2. The van der Waals surface area contributed by atoms with Crippen LogP contribution in [0.15, 0.2) is 54.6 Å². The first-order chi connectivity index (χ1) is 12.2. The normalized spacial score (nSPS) is 11.9. The Kier molecular flexibility index (Phi) is 5.56. The highest BCUT2D eigenvalue weighted by Gasteiger charge is 2.19. The van der Waals surface area contributed by atoms with Crippen molar-refractivity contribution in [1.82, 2.24) is 15.5 Å². The summed E-state index contributed by atoms with van der Waals surface area (Å²) in [6.45, 7) is 3.68. The van der Waals surface area contributed by atoms with Crippen molar-refractivity contribution in [3.63, 3.8) is 0 Å². The van der Waals surface area contributed by atoms with Crippen molar-refractivity contribution in [3.05, 3.63) is 70.7 Å². The summed E-state index contributed by atoms with van der Waals surface area (Å²) >= 11 is 1.53. The van der Waals surface area contributed by atoms with E-state index in [1.807, 2.05) is 30.3 Å². The maximum Gasteiger partial charge on any atom is 0.217 e. The van der Waals surface area contributed by atoms with Gasteiger partial charge in [-0.25, -0.2) is 0 Å². The minimum absolute atomic E-state index is 0.0619. The molecule has 0 radical (unpaired) electrons. The highest BCUT2D eigenvalue weighted by molar-refractivity contribution is 7.14. The molecule has 0 aliphatic rings. The third-order valence-corrected chi connectivity index (χ3v) is 5.06. The molecule has 25 heavy (non-hydrogen) atoms. The highest BCUT2D eigenvalue weighted by atomic mass is 32.1. The number of amides is 1. The molecule has 0 saturated heterocycles. The van der Waals surface area contributed by atoms with Crippen LogP contribution < -0.4 is 5.32 Å². The first-order valence-electron chi connectivity index (χ1n) is 8.39. The lowest BCUT2D eigenvalue weighted by atomic mass is 10.0. The summed E-state index contributed by atoms with van der Waals surface area (Å²) in [7, 11) is 0. The maximum absolute atomic E-state index is 11.7. The van der Waals surface area contributed by atoms with Crippen LogP contribution in [0, 0.1) is 0 Å². The Hall–Kier alpha value is -2.53. The molecule has 0 fully saturated rings. The van der Waals surface area contributed by atoms with Crippen molar-refractivity contribution >= 4 is 17.2 Å². The molecule has 2 aromatic carbocycles. The SMILES string of the molecule is CCc1cccc(CC(NC(C)=O)c2nnc(-c3ccccc3)s2)c1. The molecule has 0 bridgehead atoms. The zero-order valence-electron chi connectivity index (χ0n) is 14.4. The van der Waals surface area contributed by atoms with Gasteiger partial charge in [0.1, 0.15) is 10.0 Å². The van der Waals surface area contributed by atoms with Gasteiger partial charge in [0.25, 0.3) is 0 Å². The monoisotopic (exact) mass is 351 g/mol. The van der Waals surface area contributed by atoms with Crippen molar-refractivity contribution < 1.29 is 4.79 Å². The van der Waals surface area contributed by atoms with Crippen LogP contribution >= 0.6 is 11.3 Å². The second-order valence-electron chi connectivity index (χ2n) is 5.94. The smallest absolute Gasteiger partial charge is 0.217 e. The van der Waals surface area contributed by atoms with Gasteiger partial charge >= 0.3 is 0 Å². The molecule has 1 N–H and O–H groups in total. The average molecular weight is 351 g/mol.